The van der Waals surface area contributed by atoms with Gasteiger partial charge in [0.1, 0.15) is 18.5 Å². The molecule has 0 aliphatic heterocycles. The second kappa shape index (κ2) is 11.8. The lowest BCUT2D eigenvalue weighted by molar-refractivity contribution is -0.123. The van der Waals surface area contributed by atoms with Crippen molar-refractivity contribution in [2.75, 3.05) is 26.5 Å². The van der Waals surface area contributed by atoms with Gasteiger partial charge in [-0.3, -0.25) is 4.79 Å². The van der Waals surface area contributed by atoms with E-state index in [0.29, 0.717) is 35.6 Å². The summed E-state index contributed by atoms with van der Waals surface area (Å²) in [5, 5.41) is 2.77. The average Bonchev–Trinajstić information content (AvgIpc) is 2.75. The summed E-state index contributed by atoms with van der Waals surface area (Å²) in [7, 11) is -1.99. The van der Waals surface area contributed by atoms with E-state index in [9.17, 15) is 17.6 Å². The number of rotatable bonds is 12. The van der Waals surface area contributed by atoms with Gasteiger partial charge in [0.05, 0.1) is 13.4 Å². The Kier molecular flexibility index (Phi) is 9.43. The van der Waals surface area contributed by atoms with Crippen molar-refractivity contribution in [3.63, 3.8) is 0 Å². The van der Waals surface area contributed by atoms with E-state index in [1.54, 1.807) is 44.2 Å². The fourth-order valence-electron chi connectivity index (χ4n) is 3.14. The quantitative estimate of drug-likeness (QED) is 0.489. The normalized spacial score (nSPS) is 12.3. The van der Waals surface area contributed by atoms with Crippen LogP contribution in [-0.4, -0.2) is 46.9 Å². The molecule has 0 aliphatic carbocycles. The Morgan fingerprint density at radius 2 is 1.85 bits per heavy atom. The molecule has 0 radical (unpaired) electrons. The minimum Gasteiger partial charge on any atom is -0.493 e. The first-order valence-electron chi connectivity index (χ1n) is 10.5. The summed E-state index contributed by atoms with van der Waals surface area (Å²) in [4.78, 5) is 12.4. The zero-order chi connectivity index (χ0) is 24.6. The van der Waals surface area contributed by atoms with Crippen molar-refractivity contribution in [3.05, 3.63) is 66.0 Å². The number of methoxy groups -OCH3 is 1. The summed E-state index contributed by atoms with van der Waals surface area (Å²) < 4.78 is 50.5. The van der Waals surface area contributed by atoms with Crippen molar-refractivity contribution in [2.24, 2.45) is 5.92 Å². The Morgan fingerprint density at radius 1 is 1.15 bits per heavy atom. The van der Waals surface area contributed by atoms with Crippen LogP contribution in [0.1, 0.15) is 25.0 Å². The highest BCUT2D eigenvalue weighted by Crippen LogP contribution is 2.29. The minimum atomic E-state index is -3.50. The highest BCUT2D eigenvalue weighted by molar-refractivity contribution is 7.88. The van der Waals surface area contributed by atoms with Crippen molar-refractivity contribution in [2.45, 2.75) is 26.3 Å². The standard InChI is InChI=1S/C24H31FN2O5S/c1-16(2)23(27-33(5,29)30)24(28)26-13-12-18-10-11-21(22(14-18)31-4)32-15-17(3)19-8-6-7-9-20(19)25/h6-11,14,16,23,27H,3,12-13,15H2,1-2,4-5H3,(H,26,28)/t23-/m0/s1. The maximum Gasteiger partial charge on any atom is 0.238 e. The van der Waals surface area contributed by atoms with Gasteiger partial charge >= 0.3 is 0 Å². The Labute approximate surface area is 195 Å². The molecule has 2 aromatic rings. The van der Waals surface area contributed by atoms with Crippen molar-refractivity contribution < 1.29 is 27.1 Å². The van der Waals surface area contributed by atoms with E-state index in [1.807, 2.05) is 6.07 Å². The van der Waals surface area contributed by atoms with Crippen LogP contribution in [-0.2, 0) is 21.2 Å². The molecule has 0 spiro atoms. The Morgan fingerprint density at radius 3 is 2.45 bits per heavy atom. The molecule has 0 saturated heterocycles. The van der Waals surface area contributed by atoms with Crippen LogP contribution in [0.5, 0.6) is 11.5 Å². The first-order chi connectivity index (χ1) is 15.5. The highest BCUT2D eigenvalue weighted by atomic mass is 32.2. The Hall–Kier alpha value is -2.91. The summed E-state index contributed by atoms with van der Waals surface area (Å²) in [6.45, 7) is 7.85. The molecule has 0 aliphatic rings. The summed E-state index contributed by atoms with van der Waals surface area (Å²) in [5.74, 6) is 0.0465. The Balaban J connectivity index is 1.95. The smallest absolute Gasteiger partial charge is 0.238 e. The second-order valence-electron chi connectivity index (χ2n) is 8.01. The summed E-state index contributed by atoms with van der Waals surface area (Å²) in [6.07, 6.45) is 1.53. The number of benzene rings is 2. The van der Waals surface area contributed by atoms with E-state index in [1.165, 1.54) is 13.2 Å². The van der Waals surface area contributed by atoms with Gasteiger partial charge in [-0.25, -0.2) is 17.5 Å². The summed E-state index contributed by atoms with van der Waals surface area (Å²) >= 11 is 0. The van der Waals surface area contributed by atoms with Gasteiger partial charge in [-0.2, -0.15) is 0 Å². The topological polar surface area (TPSA) is 93.7 Å². The molecule has 2 aromatic carbocycles. The first kappa shape index (κ1) is 26.3. The molecular formula is C24H31FN2O5S. The third kappa shape index (κ3) is 8.18. The van der Waals surface area contributed by atoms with Crippen LogP contribution in [0.4, 0.5) is 4.39 Å². The average molecular weight is 479 g/mol. The van der Waals surface area contributed by atoms with Crippen molar-refractivity contribution in [1.29, 1.82) is 0 Å². The summed E-state index contributed by atoms with van der Waals surface area (Å²) in [6, 6.07) is 10.9. The second-order valence-corrected chi connectivity index (χ2v) is 9.79. The molecular weight excluding hydrogens is 447 g/mol. The van der Waals surface area contributed by atoms with Gasteiger partial charge in [0, 0.05) is 12.1 Å². The lowest BCUT2D eigenvalue weighted by Crippen LogP contribution is -2.49. The molecule has 2 N–H and O–H groups in total. The number of amides is 1. The van der Waals surface area contributed by atoms with Crippen molar-refractivity contribution in [3.8, 4) is 11.5 Å². The van der Waals surface area contributed by atoms with E-state index in [4.69, 9.17) is 9.47 Å². The molecule has 180 valence electrons. The molecule has 2 rings (SSSR count). The minimum absolute atomic E-state index is 0.0939. The number of hydrogen-bond donors (Lipinski definition) is 2. The predicted octanol–water partition coefficient (Wildman–Crippen LogP) is 3.16. The van der Waals surface area contributed by atoms with Gasteiger partial charge in [-0.05, 0) is 41.7 Å². The van der Waals surface area contributed by atoms with Gasteiger partial charge in [0.15, 0.2) is 11.5 Å². The fourth-order valence-corrected chi connectivity index (χ4v) is 3.98. The third-order valence-electron chi connectivity index (χ3n) is 4.89. The molecule has 7 nitrogen and oxygen atoms in total. The van der Waals surface area contributed by atoms with Gasteiger partial charge in [0.25, 0.3) is 0 Å². The number of carbonyl (C=O) groups excluding carboxylic acids is 1. The Bertz CT molecular complexity index is 1090. The van der Waals surface area contributed by atoms with Crippen LogP contribution in [0.25, 0.3) is 5.57 Å². The predicted molar refractivity (Wildman–Crippen MR) is 127 cm³/mol. The lowest BCUT2D eigenvalue weighted by Gasteiger charge is -2.20. The van der Waals surface area contributed by atoms with Gasteiger partial charge < -0.3 is 14.8 Å². The molecule has 1 amide bonds. The van der Waals surface area contributed by atoms with E-state index in [-0.39, 0.29) is 24.2 Å². The van der Waals surface area contributed by atoms with Crippen molar-refractivity contribution in [1.82, 2.24) is 10.0 Å². The maximum absolute atomic E-state index is 13.9. The molecule has 1 atom stereocenters. The molecule has 33 heavy (non-hydrogen) atoms. The monoisotopic (exact) mass is 478 g/mol. The number of ether oxygens (including phenoxy) is 2. The molecule has 0 aromatic heterocycles. The van der Waals surface area contributed by atoms with Gasteiger partial charge in [-0.1, -0.05) is 44.7 Å². The van der Waals surface area contributed by atoms with Crippen LogP contribution in [0, 0.1) is 11.7 Å². The van der Waals surface area contributed by atoms with E-state index < -0.39 is 16.1 Å². The van der Waals surface area contributed by atoms with E-state index in [0.717, 1.165) is 11.8 Å². The maximum atomic E-state index is 13.9. The number of hydrogen-bond acceptors (Lipinski definition) is 5. The number of carbonyl (C=O) groups is 1. The zero-order valence-electron chi connectivity index (χ0n) is 19.4. The molecule has 0 unspecified atom stereocenters. The lowest BCUT2D eigenvalue weighted by atomic mass is 10.0. The SMILES string of the molecule is C=C(COc1ccc(CCNC(=O)[C@@H](NS(C)(=O)=O)C(C)C)cc1OC)c1ccccc1F. The zero-order valence-corrected chi connectivity index (χ0v) is 20.2. The molecule has 0 heterocycles. The van der Waals surface area contributed by atoms with Crippen LogP contribution >= 0.6 is 0 Å². The molecule has 0 fully saturated rings. The number of nitrogens with one attached hydrogen (secondary N) is 2. The number of sulfonamides is 1. The van der Waals surface area contributed by atoms with E-state index in [2.05, 4.69) is 16.6 Å². The van der Waals surface area contributed by atoms with E-state index >= 15 is 0 Å². The molecule has 9 heteroatoms. The fraction of sp³-hybridized carbons (Fsp3) is 0.375. The van der Waals surface area contributed by atoms with Gasteiger partial charge in [-0.15, -0.1) is 0 Å². The largest absolute Gasteiger partial charge is 0.493 e. The van der Waals surface area contributed by atoms with Crippen LogP contribution in [0.3, 0.4) is 0 Å². The van der Waals surface area contributed by atoms with Crippen LogP contribution in [0.2, 0.25) is 0 Å². The third-order valence-corrected chi connectivity index (χ3v) is 5.57. The molecule has 0 saturated carbocycles. The van der Waals surface area contributed by atoms with Crippen LogP contribution < -0.4 is 19.5 Å². The first-order valence-corrected chi connectivity index (χ1v) is 12.4. The number of halogens is 1. The van der Waals surface area contributed by atoms with Crippen LogP contribution in [0.15, 0.2) is 49.0 Å². The molecule has 0 bridgehead atoms. The highest BCUT2D eigenvalue weighted by Gasteiger charge is 2.25. The van der Waals surface area contributed by atoms with Crippen molar-refractivity contribution >= 4 is 21.5 Å². The summed E-state index contributed by atoms with van der Waals surface area (Å²) in [5.41, 5.74) is 1.79. The van der Waals surface area contributed by atoms with Gasteiger partial charge in [0.2, 0.25) is 15.9 Å².